The molecule has 1 aromatic rings. The highest BCUT2D eigenvalue weighted by atomic mass is 16.5. The number of ether oxygens (including phenoxy) is 1. The molecule has 1 unspecified atom stereocenters. The molecule has 19 heavy (non-hydrogen) atoms. The second-order valence-corrected chi connectivity index (χ2v) is 5.64. The van der Waals surface area contributed by atoms with Gasteiger partial charge in [0.1, 0.15) is 5.75 Å². The van der Waals surface area contributed by atoms with Gasteiger partial charge in [-0.15, -0.1) is 0 Å². The van der Waals surface area contributed by atoms with E-state index < -0.39 is 0 Å². The minimum atomic E-state index is -0.0903. The number of hydrogen-bond donors (Lipinski definition) is 0. The van der Waals surface area contributed by atoms with Gasteiger partial charge < -0.3 is 4.74 Å². The fraction of sp³-hybridized carbons (Fsp3) is 0.500. The molecule has 0 spiro atoms. The van der Waals surface area contributed by atoms with E-state index in [1.165, 1.54) is 32.6 Å². The van der Waals surface area contributed by atoms with Crippen LogP contribution in [0.2, 0.25) is 0 Å². The molecular weight excluding hydrogens is 240 g/mol. The third-order valence-corrected chi connectivity index (χ3v) is 4.41. The molecule has 1 aromatic carbocycles. The molecule has 3 nitrogen and oxygen atoms in total. The Hall–Kier alpha value is -1.64. The third-order valence-electron chi connectivity index (χ3n) is 4.41. The van der Waals surface area contributed by atoms with Gasteiger partial charge in [-0.2, -0.15) is 0 Å². The number of benzene rings is 1. The van der Waals surface area contributed by atoms with Crippen LogP contribution in [0.3, 0.4) is 0 Å². The van der Waals surface area contributed by atoms with Crippen LogP contribution in [-0.4, -0.2) is 11.8 Å². The molecule has 0 heterocycles. The van der Waals surface area contributed by atoms with Gasteiger partial charge in [-0.1, -0.05) is 12.8 Å². The van der Waals surface area contributed by atoms with E-state index in [2.05, 4.69) is 0 Å². The van der Waals surface area contributed by atoms with E-state index >= 15 is 0 Å². The second kappa shape index (κ2) is 4.80. The fourth-order valence-electron chi connectivity index (χ4n) is 3.28. The summed E-state index contributed by atoms with van der Waals surface area (Å²) in [5, 5.41) is 0. The summed E-state index contributed by atoms with van der Waals surface area (Å²) in [6.45, 7) is 1.52. The predicted molar refractivity (Wildman–Crippen MR) is 71.0 cm³/mol. The molecule has 0 bridgehead atoms. The summed E-state index contributed by atoms with van der Waals surface area (Å²) >= 11 is 0. The van der Waals surface area contributed by atoms with Crippen molar-refractivity contribution in [3.8, 4) is 5.75 Å². The number of rotatable bonds is 3. The van der Waals surface area contributed by atoms with E-state index in [0.717, 1.165) is 0 Å². The second-order valence-electron chi connectivity index (χ2n) is 5.64. The highest BCUT2D eigenvalue weighted by Gasteiger charge is 2.55. The normalized spacial score (nSPS) is 28.4. The maximum absolute atomic E-state index is 12.1. The lowest BCUT2D eigenvalue weighted by Crippen LogP contribution is -2.12. The van der Waals surface area contributed by atoms with Gasteiger partial charge in [0, 0.05) is 5.56 Å². The van der Waals surface area contributed by atoms with Gasteiger partial charge in [0.05, 0.1) is 5.92 Å². The van der Waals surface area contributed by atoms with Crippen molar-refractivity contribution >= 4 is 11.8 Å². The van der Waals surface area contributed by atoms with Crippen molar-refractivity contribution in [3.63, 3.8) is 0 Å². The molecule has 0 radical (unpaired) electrons. The molecule has 2 aliphatic carbocycles. The zero-order valence-corrected chi connectivity index (χ0v) is 11.1. The number of esters is 1. The molecule has 3 heteroatoms. The molecule has 3 atom stereocenters. The van der Waals surface area contributed by atoms with Gasteiger partial charge in [-0.3, -0.25) is 9.59 Å². The van der Waals surface area contributed by atoms with Crippen molar-refractivity contribution in [2.75, 3.05) is 0 Å². The van der Waals surface area contributed by atoms with Gasteiger partial charge in [-0.25, -0.2) is 0 Å². The van der Waals surface area contributed by atoms with E-state index in [-0.39, 0.29) is 17.7 Å². The summed E-state index contributed by atoms with van der Waals surface area (Å²) in [5.74, 6) is 1.72. The first-order valence-electron chi connectivity index (χ1n) is 6.99. The summed E-state index contributed by atoms with van der Waals surface area (Å²) in [7, 11) is 0. The minimum absolute atomic E-state index is 0.0195. The number of carbonyl (C=O) groups excluding carboxylic acids is 2. The molecule has 0 aromatic heterocycles. The van der Waals surface area contributed by atoms with Crippen LogP contribution in [-0.2, 0) is 4.79 Å². The number of fused-ring (bicyclic) bond motifs is 1. The van der Waals surface area contributed by atoms with Crippen LogP contribution in [0.5, 0.6) is 5.75 Å². The van der Waals surface area contributed by atoms with Crippen LogP contribution >= 0.6 is 0 Å². The zero-order valence-electron chi connectivity index (χ0n) is 11.1. The Morgan fingerprint density at radius 3 is 2.16 bits per heavy atom. The number of carbonyl (C=O) groups is 2. The molecule has 0 amide bonds. The molecule has 0 aliphatic heterocycles. The Labute approximate surface area is 113 Å². The monoisotopic (exact) mass is 258 g/mol. The van der Waals surface area contributed by atoms with Crippen LogP contribution < -0.4 is 4.74 Å². The lowest BCUT2D eigenvalue weighted by Gasteiger charge is -2.04. The predicted octanol–water partition coefficient (Wildman–Crippen LogP) is 3.23. The van der Waals surface area contributed by atoms with Crippen LogP contribution in [0, 0.1) is 17.8 Å². The van der Waals surface area contributed by atoms with Gasteiger partial charge in [0.25, 0.3) is 0 Å². The summed E-state index contributed by atoms with van der Waals surface area (Å²) in [4.78, 5) is 23.2. The van der Waals surface area contributed by atoms with Crippen LogP contribution in [0.1, 0.15) is 43.0 Å². The zero-order chi connectivity index (χ0) is 13.4. The first-order valence-corrected chi connectivity index (χ1v) is 6.99. The Kier molecular flexibility index (Phi) is 3.13. The largest absolute Gasteiger partial charge is 0.426 e. The van der Waals surface area contributed by atoms with E-state index in [1.807, 2.05) is 0 Å². The van der Waals surface area contributed by atoms with E-state index in [0.29, 0.717) is 23.1 Å². The van der Waals surface area contributed by atoms with Crippen LogP contribution in [0.25, 0.3) is 0 Å². The molecule has 2 aliphatic rings. The Morgan fingerprint density at radius 2 is 1.63 bits per heavy atom. The molecule has 100 valence electrons. The summed E-state index contributed by atoms with van der Waals surface area (Å²) in [6.07, 6.45) is 4.85. The molecule has 2 fully saturated rings. The summed E-state index contributed by atoms with van der Waals surface area (Å²) < 4.78 is 5.41. The summed E-state index contributed by atoms with van der Waals surface area (Å²) in [6, 6.07) is 6.79. The maximum atomic E-state index is 12.1. The Morgan fingerprint density at radius 1 is 1.05 bits per heavy atom. The molecule has 2 saturated carbocycles. The number of Topliss-reactive ketones (excluding diaryl/α,β-unsaturated/α-hetero) is 1. The number of ketones is 1. The minimum Gasteiger partial charge on any atom is -0.426 e. The molecule has 0 N–H and O–H groups in total. The smallest absolute Gasteiger partial charge is 0.314 e. The fourth-order valence-corrected chi connectivity index (χ4v) is 3.28. The highest BCUT2D eigenvalue weighted by molar-refractivity contribution is 5.94. The Bertz CT molecular complexity index is 491. The topological polar surface area (TPSA) is 43.4 Å². The van der Waals surface area contributed by atoms with Crippen molar-refractivity contribution in [1.82, 2.24) is 0 Å². The van der Waals surface area contributed by atoms with Crippen LogP contribution in [0.15, 0.2) is 24.3 Å². The average Bonchev–Trinajstić information content (AvgIpc) is 3.13. The van der Waals surface area contributed by atoms with Crippen molar-refractivity contribution < 1.29 is 14.3 Å². The van der Waals surface area contributed by atoms with Crippen molar-refractivity contribution in [1.29, 1.82) is 0 Å². The highest BCUT2D eigenvalue weighted by Crippen LogP contribution is 2.55. The molecular formula is C16H18O3. The summed E-state index contributed by atoms with van der Waals surface area (Å²) in [5.41, 5.74) is 0.639. The van der Waals surface area contributed by atoms with Gasteiger partial charge in [-0.05, 0) is 55.9 Å². The third kappa shape index (κ3) is 2.42. The number of hydrogen-bond acceptors (Lipinski definition) is 3. The van der Waals surface area contributed by atoms with Crippen LogP contribution in [0.4, 0.5) is 0 Å². The standard InChI is InChI=1S/C16H18O3/c1-10(17)11-6-8-12(9-7-11)19-16(18)15-13-4-2-3-5-14(13)15/h6-9,13-15H,2-5H2,1H3/t13-,14+,15?. The van der Waals surface area contributed by atoms with Crippen molar-refractivity contribution in [3.05, 3.63) is 29.8 Å². The first kappa shape index (κ1) is 12.4. The molecule has 3 rings (SSSR count). The van der Waals surface area contributed by atoms with Gasteiger partial charge in [0.15, 0.2) is 5.78 Å². The Balaban J connectivity index is 1.62. The van der Waals surface area contributed by atoms with Crippen molar-refractivity contribution in [2.45, 2.75) is 32.6 Å². The maximum Gasteiger partial charge on any atom is 0.314 e. The van der Waals surface area contributed by atoms with E-state index in [1.54, 1.807) is 24.3 Å². The van der Waals surface area contributed by atoms with Gasteiger partial charge in [0.2, 0.25) is 0 Å². The quantitative estimate of drug-likeness (QED) is 0.475. The first-order chi connectivity index (χ1) is 9.16. The lowest BCUT2D eigenvalue weighted by atomic mass is 10.0. The van der Waals surface area contributed by atoms with E-state index in [9.17, 15) is 9.59 Å². The lowest BCUT2D eigenvalue weighted by molar-refractivity contribution is -0.136. The average molecular weight is 258 g/mol. The van der Waals surface area contributed by atoms with E-state index in [4.69, 9.17) is 4.74 Å². The SMILES string of the molecule is CC(=O)c1ccc(OC(=O)C2[C@H]3CCCC[C@@H]23)cc1. The van der Waals surface area contributed by atoms with Crippen molar-refractivity contribution in [2.24, 2.45) is 17.8 Å². The van der Waals surface area contributed by atoms with Gasteiger partial charge >= 0.3 is 5.97 Å². The molecule has 0 saturated heterocycles.